The summed E-state index contributed by atoms with van der Waals surface area (Å²) in [5.74, 6) is -2.49. The number of hydrogen-bond acceptors (Lipinski definition) is 4. The second-order valence-corrected chi connectivity index (χ2v) is 5.85. The Bertz CT molecular complexity index is 1350. The van der Waals surface area contributed by atoms with Gasteiger partial charge in [-0.15, -0.1) is 0 Å². The van der Waals surface area contributed by atoms with Gasteiger partial charge in [-0.25, -0.2) is 9.98 Å². The third-order valence-corrected chi connectivity index (χ3v) is 4.10. The number of nitrogens with zero attached hydrogens (tertiary/aromatic N) is 2. The smallest absolute Gasteiger partial charge is 0.318 e. The molecule has 5 rings (SSSR count). The molecule has 2 aliphatic heterocycles. The van der Waals surface area contributed by atoms with E-state index in [0.29, 0.717) is 21.2 Å². The van der Waals surface area contributed by atoms with E-state index in [4.69, 9.17) is 0 Å². The standard InChI is InChI=1S/C11H6N2O2.C9H5NO2/c14-9-5-6-1-2-8-7(3-4-12-8)10(6)13-11(9)15;11-8-5-6-3-1-2-4-7(6)10-9(8)12/h1-5,12H;1-5H. The highest BCUT2D eigenvalue weighted by atomic mass is 16.2. The molecule has 7 heteroatoms. The number of amides is 2. The summed E-state index contributed by atoms with van der Waals surface area (Å²) in [6.45, 7) is 0. The van der Waals surface area contributed by atoms with Gasteiger partial charge in [-0.05, 0) is 18.2 Å². The summed E-state index contributed by atoms with van der Waals surface area (Å²) in [5, 5.41) is 3.43. The lowest BCUT2D eigenvalue weighted by Gasteiger charge is -1.98. The zero-order valence-corrected chi connectivity index (χ0v) is 13.8. The Balaban J connectivity index is 0.000000137. The molecule has 130 valence electrons. The zero-order chi connectivity index (χ0) is 19.0. The molecule has 0 fully saturated rings. The zero-order valence-electron chi connectivity index (χ0n) is 13.8. The van der Waals surface area contributed by atoms with Crippen LogP contribution in [-0.4, -0.2) is 28.4 Å². The van der Waals surface area contributed by atoms with Crippen molar-refractivity contribution in [1.29, 1.82) is 0 Å². The molecule has 0 saturated carbocycles. The molecule has 3 aromatic rings. The average molecular weight is 357 g/mol. The Morgan fingerprint density at radius 3 is 2.22 bits per heavy atom. The molecule has 2 aliphatic rings. The average Bonchev–Trinajstić information content (AvgIpc) is 3.14. The second-order valence-electron chi connectivity index (χ2n) is 5.85. The Kier molecular flexibility index (Phi) is 3.89. The van der Waals surface area contributed by atoms with E-state index in [1.54, 1.807) is 36.5 Å². The van der Waals surface area contributed by atoms with Gasteiger partial charge in [0, 0.05) is 39.7 Å². The molecule has 0 bridgehead atoms. The Morgan fingerprint density at radius 2 is 1.41 bits per heavy atom. The first-order chi connectivity index (χ1) is 13.0. The number of rotatable bonds is 0. The van der Waals surface area contributed by atoms with Crippen LogP contribution in [0, 0.1) is 0 Å². The van der Waals surface area contributed by atoms with E-state index in [9.17, 15) is 19.2 Å². The maximum Gasteiger partial charge on any atom is 0.318 e. The van der Waals surface area contributed by atoms with Crippen LogP contribution in [0.4, 0.5) is 0 Å². The lowest BCUT2D eigenvalue weighted by atomic mass is 10.1. The maximum absolute atomic E-state index is 11.2. The molecule has 0 spiro atoms. The highest BCUT2D eigenvalue weighted by Crippen LogP contribution is 2.04. The molecule has 0 saturated heterocycles. The molecule has 0 unspecified atom stereocenters. The highest BCUT2D eigenvalue weighted by Gasteiger charge is 2.14. The minimum absolute atomic E-state index is 0.547. The largest absolute Gasteiger partial charge is 0.361 e. The van der Waals surface area contributed by atoms with Crippen molar-refractivity contribution in [2.45, 2.75) is 0 Å². The van der Waals surface area contributed by atoms with Crippen LogP contribution in [0.3, 0.4) is 0 Å². The molecule has 3 heterocycles. The maximum atomic E-state index is 11.2. The summed E-state index contributed by atoms with van der Waals surface area (Å²) in [6.07, 6.45) is 4.42. The van der Waals surface area contributed by atoms with Crippen molar-refractivity contribution in [2.24, 2.45) is 9.98 Å². The monoisotopic (exact) mass is 357 g/mol. The van der Waals surface area contributed by atoms with Crippen molar-refractivity contribution in [3.63, 3.8) is 0 Å². The van der Waals surface area contributed by atoms with Crippen LogP contribution in [0.5, 0.6) is 0 Å². The van der Waals surface area contributed by atoms with Crippen molar-refractivity contribution in [3.8, 4) is 0 Å². The fourth-order valence-corrected chi connectivity index (χ4v) is 2.81. The summed E-state index contributed by atoms with van der Waals surface area (Å²) in [7, 11) is 0. The van der Waals surface area contributed by atoms with Gasteiger partial charge in [0.05, 0.1) is 10.7 Å². The van der Waals surface area contributed by atoms with Gasteiger partial charge in [0.1, 0.15) is 0 Å². The van der Waals surface area contributed by atoms with Crippen molar-refractivity contribution in [1.82, 2.24) is 4.98 Å². The highest BCUT2D eigenvalue weighted by molar-refractivity contribution is 6.48. The van der Waals surface area contributed by atoms with Crippen molar-refractivity contribution in [2.75, 3.05) is 0 Å². The van der Waals surface area contributed by atoms with E-state index in [1.165, 1.54) is 12.2 Å². The third kappa shape index (κ3) is 3.02. The van der Waals surface area contributed by atoms with Gasteiger partial charge in [-0.3, -0.25) is 19.2 Å². The Labute approximate surface area is 151 Å². The van der Waals surface area contributed by atoms with Crippen LogP contribution < -0.4 is 21.2 Å². The topological polar surface area (TPSA) is 109 Å². The first-order valence-electron chi connectivity index (χ1n) is 8.01. The Hall–Kier alpha value is -4.00. The number of H-pyrrole nitrogens is 1. The number of carbonyl (C=O) groups is 4. The quantitative estimate of drug-likeness (QED) is 0.514. The summed E-state index contributed by atoms with van der Waals surface area (Å²) in [4.78, 5) is 54.4. The van der Waals surface area contributed by atoms with Crippen LogP contribution in [0.2, 0.25) is 0 Å². The van der Waals surface area contributed by atoms with Gasteiger partial charge in [-0.1, -0.05) is 24.3 Å². The lowest BCUT2D eigenvalue weighted by molar-refractivity contribution is -0.132. The summed E-state index contributed by atoms with van der Waals surface area (Å²) in [5.41, 5.74) is 0.910. The van der Waals surface area contributed by atoms with Crippen molar-refractivity contribution in [3.05, 3.63) is 69.8 Å². The van der Waals surface area contributed by atoms with Gasteiger partial charge in [0.15, 0.2) is 0 Å². The summed E-state index contributed by atoms with van der Waals surface area (Å²) < 4.78 is 0. The molecule has 2 amide bonds. The number of hydrogen-bond donors (Lipinski definition) is 1. The minimum Gasteiger partial charge on any atom is -0.361 e. The predicted octanol–water partition coefficient (Wildman–Crippen LogP) is -1.13. The van der Waals surface area contributed by atoms with E-state index >= 15 is 0 Å². The number of benzene rings is 2. The third-order valence-electron chi connectivity index (χ3n) is 4.10. The molecule has 1 N–H and O–H groups in total. The number of para-hydroxylation sites is 1. The molecule has 27 heavy (non-hydrogen) atoms. The molecule has 7 nitrogen and oxygen atoms in total. The second kappa shape index (κ2) is 6.38. The number of carbonyl (C=O) groups excluding carboxylic acids is 4. The molecule has 0 atom stereocenters. The number of fused-ring (bicyclic) bond motifs is 4. The molecular weight excluding hydrogens is 346 g/mol. The lowest BCUT2D eigenvalue weighted by Crippen LogP contribution is -2.34. The number of aromatic amines is 1. The van der Waals surface area contributed by atoms with Crippen molar-refractivity contribution >= 4 is 46.4 Å². The number of aromatic nitrogens is 1. The first kappa shape index (κ1) is 16.5. The number of ketones is 2. The van der Waals surface area contributed by atoms with Crippen LogP contribution in [0.25, 0.3) is 23.1 Å². The number of Topliss-reactive ketones (excluding diaryl/α,β-unsaturated/α-hetero) is 2. The van der Waals surface area contributed by atoms with Gasteiger partial charge in [-0.2, -0.15) is 0 Å². The van der Waals surface area contributed by atoms with Gasteiger partial charge < -0.3 is 4.98 Å². The van der Waals surface area contributed by atoms with E-state index in [0.717, 1.165) is 10.9 Å². The molecule has 2 aromatic carbocycles. The van der Waals surface area contributed by atoms with Crippen LogP contribution in [0.15, 0.2) is 58.6 Å². The minimum atomic E-state index is -0.698. The van der Waals surface area contributed by atoms with Gasteiger partial charge >= 0.3 is 11.8 Å². The van der Waals surface area contributed by atoms with Gasteiger partial charge in [0.2, 0.25) is 11.6 Å². The number of nitrogens with one attached hydrogen (secondary N) is 1. The van der Waals surface area contributed by atoms with E-state index in [1.807, 2.05) is 12.1 Å². The van der Waals surface area contributed by atoms with Gasteiger partial charge in [0.25, 0.3) is 0 Å². The van der Waals surface area contributed by atoms with Crippen LogP contribution in [0.1, 0.15) is 0 Å². The normalized spacial score (nSPS) is 14.7. The van der Waals surface area contributed by atoms with Crippen molar-refractivity contribution < 1.29 is 19.2 Å². The van der Waals surface area contributed by atoms with E-state index in [-0.39, 0.29) is 0 Å². The molecule has 0 aliphatic carbocycles. The summed E-state index contributed by atoms with van der Waals surface area (Å²) in [6, 6.07) is 12.5. The molecule has 0 radical (unpaired) electrons. The molecular formula is C20H11N3O4. The van der Waals surface area contributed by atoms with E-state index < -0.39 is 23.4 Å². The van der Waals surface area contributed by atoms with E-state index in [2.05, 4.69) is 15.0 Å². The first-order valence-corrected chi connectivity index (χ1v) is 8.01. The molecule has 1 aromatic heterocycles. The predicted molar refractivity (Wildman–Crippen MR) is 95.3 cm³/mol. The fourth-order valence-electron chi connectivity index (χ4n) is 2.81. The van der Waals surface area contributed by atoms with Crippen LogP contribution >= 0.6 is 0 Å². The SMILES string of the molecule is O=C1C=c2ccc3[nH]ccc3c2=NC1=O.O=C1C=c2ccccc2=NC1=O. The fraction of sp³-hybridized carbons (Fsp3) is 0. The summed E-state index contributed by atoms with van der Waals surface area (Å²) >= 11 is 0. The van der Waals surface area contributed by atoms with Crippen LogP contribution in [-0.2, 0) is 19.2 Å². The Morgan fingerprint density at radius 1 is 0.704 bits per heavy atom.